The van der Waals surface area contributed by atoms with Gasteiger partial charge in [-0.15, -0.1) is 0 Å². The highest BCUT2D eigenvalue weighted by Gasteiger charge is 2.35. The van der Waals surface area contributed by atoms with Crippen molar-refractivity contribution in [2.75, 3.05) is 64.6 Å². The molecule has 1 heterocycles. The minimum absolute atomic E-state index is 0.0400. The zero-order valence-electron chi connectivity index (χ0n) is 39.7. The molecule has 0 saturated heterocycles. The molecule has 0 aliphatic carbocycles. The molecule has 0 radical (unpaired) electrons. The van der Waals surface area contributed by atoms with E-state index < -0.39 is 86.0 Å². The zero-order chi connectivity index (χ0) is 51.4. The summed E-state index contributed by atoms with van der Waals surface area (Å²) in [6.45, 7) is 4.74. The Bertz CT molecular complexity index is 1930. The molecule has 2 rings (SSSR count). The number of rotatable bonds is 36. The number of aromatic nitrogens is 2. The van der Waals surface area contributed by atoms with Gasteiger partial charge in [-0.25, -0.2) is 4.98 Å². The molecular formula is C44H73N10O13PS. The SMILES string of the molecule is CC(C)C[C@H](NC(=O)CN(CCCCCCc1ccccc1)C(=O)CCOCCOCCNC(=O)[C@@H](N)CS)C(=O)N[C@@H](Cc1cnc[nH]1)C(=O)N[C@@H](CO)C(=O)N[C@H](C(N)=O)[C@@H](C)CP(=O)(O)O. The Balaban J connectivity index is 2.14. The Morgan fingerprint density at radius 3 is 2.09 bits per heavy atom. The molecule has 1 aromatic heterocycles. The van der Waals surface area contributed by atoms with E-state index in [0.29, 0.717) is 12.1 Å². The standard InChI is InChI=1S/C44H73N10O13PS/c1-29(2)21-34(42(60)51-35(22-32-23-47-28-49-32)43(61)52-36(25-55)44(62)53-39(40(46)58)30(3)26-68(63,64)65)50-37(56)24-54(16-10-5-4-7-11-31-12-8-6-9-13-31)38(57)14-17-66-19-20-67-18-15-48-41(59)33(45)27-69/h6,8-9,12-13,23,28-30,33-36,39,55,69H,4-5,7,10-11,14-22,24-27,45H2,1-3H3,(H2,46,58)(H,47,49)(H,48,59)(H,50,56)(H,51,60)(H,52,61)(H,53,62)(H2,63,64,65)/t30-,33-,34-,35-,36-,39-/m0/s1. The third-order valence-electron chi connectivity index (χ3n) is 10.6. The molecule has 7 amide bonds. The molecule has 13 N–H and O–H groups in total. The molecule has 23 nitrogen and oxygen atoms in total. The van der Waals surface area contributed by atoms with E-state index in [1.54, 1.807) is 0 Å². The number of thiol groups is 1. The van der Waals surface area contributed by atoms with Crippen molar-refractivity contribution in [3.63, 3.8) is 0 Å². The molecule has 0 aliphatic heterocycles. The van der Waals surface area contributed by atoms with Crippen LogP contribution in [-0.4, -0.2) is 166 Å². The summed E-state index contributed by atoms with van der Waals surface area (Å²) < 4.78 is 22.6. The molecule has 0 bridgehead atoms. The lowest BCUT2D eigenvalue weighted by atomic mass is 10.0. The molecular weight excluding hydrogens is 940 g/mol. The summed E-state index contributed by atoms with van der Waals surface area (Å²) in [5.74, 6) is -6.30. The summed E-state index contributed by atoms with van der Waals surface area (Å²) in [4.78, 5) is 119. The Kier molecular flexibility index (Phi) is 28.6. The van der Waals surface area contributed by atoms with Crippen LogP contribution in [0.25, 0.3) is 0 Å². The van der Waals surface area contributed by atoms with Gasteiger partial charge in [-0.2, -0.15) is 12.6 Å². The van der Waals surface area contributed by atoms with Gasteiger partial charge in [0, 0.05) is 37.2 Å². The number of nitrogens with one attached hydrogen (secondary N) is 6. The first-order chi connectivity index (χ1) is 32.7. The number of aliphatic hydroxyl groups excluding tert-OH is 1. The first-order valence-electron chi connectivity index (χ1n) is 23.0. The Morgan fingerprint density at radius 2 is 1.48 bits per heavy atom. The van der Waals surface area contributed by atoms with E-state index in [0.717, 1.165) is 25.7 Å². The number of H-pyrrole nitrogens is 1. The number of primary amides is 1. The van der Waals surface area contributed by atoms with Crippen molar-refractivity contribution in [3.8, 4) is 0 Å². The van der Waals surface area contributed by atoms with Gasteiger partial charge in [0.25, 0.3) is 0 Å². The first kappa shape index (κ1) is 60.2. The average Bonchev–Trinajstić information content (AvgIpc) is 3.81. The fourth-order valence-electron chi connectivity index (χ4n) is 6.93. The predicted molar refractivity (Wildman–Crippen MR) is 258 cm³/mol. The van der Waals surface area contributed by atoms with E-state index in [1.165, 1.54) is 29.9 Å². The Morgan fingerprint density at radius 1 is 0.841 bits per heavy atom. The van der Waals surface area contributed by atoms with Crippen LogP contribution < -0.4 is 38.1 Å². The van der Waals surface area contributed by atoms with E-state index in [2.05, 4.69) is 61.3 Å². The summed E-state index contributed by atoms with van der Waals surface area (Å²) >= 11 is 4.00. The van der Waals surface area contributed by atoms with Crippen LogP contribution in [0.4, 0.5) is 0 Å². The van der Waals surface area contributed by atoms with Crippen LogP contribution in [0.2, 0.25) is 0 Å². The minimum atomic E-state index is -4.63. The molecule has 388 valence electrons. The van der Waals surface area contributed by atoms with Gasteiger partial charge >= 0.3 is 7.60 Å². The summed E-state index contributed by atoms with van der Waals surface area (Å²) in [6.07, 6.45) is 6.01. The van der Waals surface area contributed by atoms with E-state index in [1.807, 2.05) is 32.0 Å². The number of carbonyl (C=O) groups excluding carboxylic acids is 7. The fraction of sp³-hybridized carbons (Fsp3) is 0.636. The number of nitrogens with two attached hydrogens (primary N) is 2. The molecule has 0 fully saturated rings. The summed E-state index contributed by atoms with van der Waals surface area (Å²) in [6, 6.07) is 3.48. The monoisotopic (exact) mass is 1010 g/mol. The van der Waals surface area contributed by atoms with Crippen LogP contribution in [0, 0.1) is 11.8 Å². The van der Waals surface area contributed by atoms with Crippen molar-refractivity contribution in [3.05, 3.63) is 54.1 Å². The summed E-state index contributed by atoms with van der Waals surface area (Å²) in [7, 11) is -4.63. The topological polar surface area (TPSA) is 360 Å². The van der Waals surface area contributed by atoms with Crippen molar-refractivity contribution in [2.24, 2.45) is 23.3 Å². The van der Waals surface area contributed by atoms with Crippen molar-refractivity contribution in [2.45, 2.75) is 102 Å². The van der Waals surface area contributed by atoms with E-state index in [-0.39, 0.29) is 88.8 Å². The quantitative estimate of drug-likeness (QED) is 0.0214. The highest BCUT2D eigenvalue weighted by molar-refractivity contribution is 7.80. The van der Waals surface area contributed by atoms with Gasteiger partial charge in [0.1, 0.15) is 24.2 Å². The van der Waals surface area contributed by atoms with Crippen LogP contribution in [0.15, 0.2) is 42.9 Å². The molecule has 0 saturated carbocycles. The smallest absolute Gasteiger partial charge is 0.325 e. The van der Waals surface area contributed by atoms with Gasteiger partial charge in [0.05, 0.1) is 64.5 Å². The fourth-order valence-corrected chi connectivity index (χ4v) is 8.06. The lowest BCUT2D eigenvalue weighted by molar-refractivity contribution is -0.138. The van der Waals surface area contributed by atoms with Gasteiger partial charge in [-0.3, -0.25) is 38.1 Å². The molecule has 69 heavy (non-hydrogen) atoms. The number of hydrogen-bond donors (Lipinski definition) is 12. The van der Waals surface area contributed by atoms with E-state index >= 15 is 0 Å². The van der Waals surface area contributed by atoms with Gasteiger partial charge in [0.15, 0.2) is 0 Å². The largest absolute Gasteiger partial charge is 0.394 e. The van der Waals surface area contributed by atoms with Crippen molar-refractivity contribution < 1.29 is 62.5 Å². The second-order valence-corrected chi connectivity index (χ2v) is 19.1. The second-order valence-electron chi connectivity index (χ2n) is 17.1. The van der Waals surface area contributed by atoms with Crippen LogP contribution in [0.5, 0.6) is 0 Å². The maximum Gasteiger partial charge on any atom is 0.325 e. The van der Waals surface area contributed by atoms with Gasteiger partial charge in [-0.1, -0.05) is 63.9 Å². The lowest BCUT2D eigenvalue weighted by Gasteiger charge is -2.28. The van der Waals surface area contributed by atoms with Crippen molar-refractivity contribution in [1.82, 2.24) is 41.5 Å². The molecule has 25 heteroatoms. The van der Waals surface area contributed by atoms with Crippen molar-refractivity contribution in [1.29, 1.82) is 0 Å². The normalized spacial score (nSPS) is 14.1. The number of benzene rings is 1. The second kappa shape index (κ2) is 32.8. The maximum atomic E-state index is 14.0. The molecule has 2 aromatic rings. The summed E-state index contributed by atoms with van der Waals surface area (Å²) in [5.41, 5.74) is 12.6. The summed E-state index contributed by atoms with van der Waals surface area (Å²) in [5, 5.41) is 22.6. The third kappa shape index (κ3) is 25.5. The molecule has 1 aromatic carbocycles. The number of unbranched alkanes of at least 4 members (excludes halogenated alkanes) is 3. The van der Waals surface area contributed by atoms with Crippen LogP contribution in [-0.2, 0) is 60.4 Å². The van der Waals surface area contributed by atoms with Crippen LogP contribution in [0.3, 0.4) is 0 Å². The average molecular weight is 1010 g/mol. The van der Waals surface area contributed by atoms with Crippen LogP contribution >= 0.6 is 20.2 Å². The number of amides is 7. The van der Waals surface area contributed by atoms with Crippen LogP contribution in [0.1, 0.15) is 70.6 Å². The first-order valence-corrected chi connectivity index (χ1v) is 25.4. The molecule has 0 unspecified atom stereocenters. The number of hydrogen-bond acceptors (Lipinski definition) is 14. The molecule has 0 aliphatic rings. The number of ether oxygens (including phenoxy) is 2. The van der Waals surface area contributed by atoms with Crippen molar-refractivity contribution >= 4 is 61.6 Å². The Labute approximate surface area is 408 Å². The lowest BCUT2D eigenvalue weighted by Crippen LogP contribution is -2.60. The maximum absolute atomic E-state index is 14.0. The predicted octanol–water partition coefficient (Wildman–Crippen LogP) is -1.34. The Hall–Kier alpha value is -4.94. The van der Waals surface area contributed by atoms with E-state index in [4.69, 9.17) is 20.9 Å². The van der Waals surface area contributed by atoms with Gasteiger partial charge < -0.3 is 72.3 Å². The number of aliphatic hydroxyl groups is 1. The number of nitrogens with zero attached hydrogens (tertiary/aromatic N) is 2. The number of aromatic amines is 1. The highest BCUT2D eigenvalue weighted by atomic mass is 32.1. The number of aryl methyl sites for hydroxylation is 1. The van der Waals surface area contributed by atoms with Gasteiger partial charge in [0.2, 0.25) is 41.4 Å². The van der Waals surface area contributed by atoms with E-state index in [9.17, 15) is 53.0 Å². The van der Waals surface area contributed by atoms with Gasteiger partial charge in [-0.05, 0) is 43.1 Å². The number of imidazole rings is 1. The molecule has 0 spiro atoms. The minimum Gasteiger partial charge on any atom is -0.394 e. The molecule has 6 atom stereocenters. The number of carbonyl (C=O) groups is 7. The zero-order valence-corrected chi connectivity index (χ0v) is 41.5. The third-order valence-corrected chi connectivity index (χ3v) is 12.0. The highest BCUT2D eigenvalue weighted by Crippen LogP contribution is 2.37.